The summed E-state index contributed by atoms with van der Waals surface area (Å²) in [5, 5.41) is 3.89. The smallest absolute Gasteiger partial charge is 0.124 e. The second kappa shape index (κ2) is 9.36. The molecule has 0 aliphatic carbocycles. The maximum atomic E-state index is 13.2. The zero-order valence-electron chi connectivity index (χ0n) is 14.9. The Morgan fingerprint density at radius 2 is 1.81 bits per heavy atom. The van der Waals surface area contributed by atoms with E-state index in [-0.39, 0.29) is 18.5 Å². The molecule has 0 radical (unpaired) electrons. The lowest BCUT2D eigenvalue weighted by Crippen LogP contribution is -2.18. The second-order valence-corrected chi connectivity index (χ2v) is 7.61. The monoisotopic (exact) mass is 447 g/mol. The molecule has 0 heterocycles. The van der Waals surface area contributed by atoms with E-state index < -0.39 is 0 Å². The van der Waals surface area contributed by atoms with Crippen LogP contribution in [0.4, 0.5) is 4.39 Å². The number of hydrogen-bond acceptors (Lipinski definition) is 2. The van der Waals surface area contributed by atoms with Gasteiger partial charge in [-0.3, -0.25) is 0 Å². The van der Waals surface area contributed by atoms with Crippen molar-refractivity contribution in [2.75, 3.05) is 0 Å². The molecule has 0 unspecified atom stereocenters. The molecule has 0 saturated carbocycles. The molecule has 1 N–H and O–H groups in total. The molecule has 3 aromatic rings. The Bertz CT molecular complexity index is 904. The van der Waals surface area contributed by atoms with E-state index in [4.69, 9.17) is 16.3 Å². The van der Waals surface area contributed by atoms with Crippen molar-refractivity contribution in [3.63, 3.8) is 0 Å². The topological polar surface area (TPSA) is 21.3 Å². The van der Waals surface area contributed by atoms with Crippen LogP contribution in [0.15, 0.2) is 71.2 Å². The molecule has 0 aliphatic heterocycles. The molecule has 27 heavy (non-hydrogen) atoms. The number of halogens is 3. The molecule has 0 saturated heterocycles. The number of benzene rings is 3. The van der Waals surface area contributed by atoms with Crippen LogP contribution in [0.3, 0.4) is 0 Å². The van der Waals surface area contributed by atoms with Gasteiger partial charge < -0.3 is 10.1 Å². The summed E-state index contributed by atoms with van der Waals surface area (Å²) in [6.07, 6.45) is 0. The van der Waals surface area contributed by atoms with E-state index >= 15 is 0 Å². The predicted octanol–water partition coefficient (Wildman–Crippen LogP) is 6.67. The van der Waals surface area contributed by atoms with Crippen LogP contribution < -0.4 is 10.1 Å². The average molecular weight is 449 g/mol. The molecule has 3 aromatic carbocycles. The Morgan fingerprint density at radius 3 is 2.56 bits per heavy atom. The highest BCUT2D eigenvalue weighted by Crippen LogP contribution is 2.26. The fraction of sp³-hybridized carbons (Fsp3) is 0.182. The molecule has 140 valence electrons. The van der Waals surface area contributed by atoms with Crippen molar-refractivity contribution in [1.82, 2.24) is 5.32 Å². The second-order valence-electron chi connectivity index (χ2n) is 6.29. The first-order chi connectivity index (χ1) is 13.0. The van der Waals surface area contributed by atoms with Gasteiger partial charge >= 0.3 is 0 Å². The van der Waals surface area contributed by atoms with Crippen molar-refractivity contribution in [2.45, 2.75) is 26.1 Å². The first-order valence-corrected chi connectivity index (χ1v) is 9.83. The largest absolute Gasteiger partial charge is 0.489 e. The molecule has 0 aromatic heterocycles. The average Bonchev–Trinajstić information content (AvgIpc) is 2.67. The Balaban J connectivity index is 1.69. The SMILES string of the molecule is C[C@@H](NCc1cc(Br)ccc1OCc1ccc(F)cc1Cl)c1ccccc1. The third kappa shape index (κ3) is 5.55. The Labute approximate surface area is 172 Å². The normalized spacial score (nSPS) is 12.0. The van der Waals surface area contributed by atoms with Crippen molar-refractivity contribution in [3.8, 4) is 5.75 Å². The summed E-state index contributed by atoms with van der Waals surface area (Å²) in [6.45, 7) is 3.07. The summed E-state index contributed by atoms with van der Waals surface area (Å²) in [7, 11) is 0. The number of ether oxygens (including phenoxy) is 1. The first-order valence-electron chi connectivity index (χ1n) is 8.66. The van der Waals surface area contributed by atoms with Crippen LogP contribution in [-0.4, -0.2) is 0 Å². The molecule has 0 aliphatic rings. The van der Waals surface area contributed by atoms with Gasteiger partial charge in [0.15, 0.2) is 0 Å². The van der Waals surface area contributed by atoms with Crippen molar-refractivity contribution in [2.24, 2.45) is 0 Å². The van der Waals surface area contributed by atoms with Crippen molar-refractivity contribution >= 4 is 27.5 Å². The zero-order valence-corrected chi connectivity index (χ0v) is 17.2. The quantitative estimate of drug-likeness (QED) is 0.436. The molecule has 0 spiro atoms. The van der Waals surface area contributed by atoms with Gasteiger partial charge in [0, 0.05) is 28.2 Å². The van der Waals surface area contributed by atoms with E-state index in [0.29, 0.717) is 11.6 Å². The van der Waals surface area contributed by atoms with Gasteiger partial charge in [-0.15, -0.1) is 0 Å². The molecule has 0 amide bonds. The number of hydrogen-bond donors (Lipinski definition) is 1. The lowest BCUT2D eigenvalue weighted by atomic mass is 10.1. The Kier molecular flexibility index (Phi) is 6.89. The fourth-order valence-corrected chi connectivity index (χ4v) is 3.37. The Morgan fingerprint density at radius 1 is 1.04 bits per heavy atom. The molecule has 5 heteroatoms. The van der Waals surface area contributed by atoms with E-state index in [1.165, 1.54) is 17.7 Å². The maximum absolute atomic E-state index is 13.2. The predicted molar refractivity (Wildman–Crippen MR) is 112 cm³/mol. The Hall–Kier alpha value is -1.88. The summed E-state index contributed by atoms with van der Waals surface area (Å²) >= 11 is 9.61. The molecule has 2 nitrogen and oxygen atoms in total. The van der Waals surface area contributed by atoms with Crippen molar-refractivity contribution < 1.29 is 9.13 Å². The van der Waals surface area contributed by atoms with E-state index in [1.807, 2.05) is 36.4 Å². The van der Waals surface area contributed by atoms with E-state index in [1.54, 1.807) is 6.07 Å². The van der Waals surface area contributed by atoms with Gasteiger partial charge in [-0.1, -0.05) is 63.9 Å². The van der Waals surface area contributed by atoms with Crippen molar-refractivity contribution in [1.29, 1.82) is 0 Å². The van der Waals surface area contributed by atoms with Gasteiger partial charge in [-0.25, -0.2) is 4.39 Å². The van der Waals surface area contributed by atoms with Crippen LogP contribution in [0.5, 0.6) is 5.75 Å². The fourth-order valence-electron chi connectivity index (χ4n) is 2.74. The standard InChI is InChI=1S/C22H20BrClFNO/c1-15(16-5-3-2-4-6-16)26-13-18-11-19(23)8-10-22(18)27-14-17-7-9-20(25)12-21(17)24/h2-12,15,26H,13-14H2,1H3/t15-/m1/s1. The highest BCUT2D eigenvalue weighted by molar-refractivity contribution is 9.10. The summed E-state index contributed by atoms with van der Waals surface area (Å²) in [5.41, 5.74) is 3.01. The highest BCUT2D eigenvalue weighted by atomic mass is 79.9. The van der Waals surface area contributed by atoms with Gasteiger partial charge in [0.2, 0.25) is 0 Å². The summed E-state index contributed by atoms with van der Waals surface area (Å²) in [4.78, 5) is 0. The molecule has 0 fully saturated rings. The third-order valence-corrected chi connectivity index (χ3v) is 5.16. The molecular formula is C22H20BrClFNO. The van der Waals surface area contributed by atoms with Crippen LogP contribution in [0.1, 0.15) is 29.7 Å². The van der Waals surface area contributed by atoms with E-state index in [0.717, 1.165) is 21.3 Å². The van der Waals surface area contributed by atoms with Gasteiger partial charge in [-0.2, -0.15) is 0 Å². The zero-order chi connectivity index (χ0) is 19.2. The lowest BCUT2D eigenvalue weighted by Gasteiger charge is -2.17. The molecular weight excluding hydrogens is 429 g/mol. The van der Waals surface area contributed by atoms with Gasteiger partial charge in [0.1, 0.15) is 18.2 Å². The van der Waals surface area contributed by atoms with Gasteiger partial charge in [0.25, 0.3) is 0 Å². The minimum Gasteiger partial charge on any atom is -0.489 e. The summed E-state index contributed by atoms with van der Waals surface area (Å²) < 4.78 is 20.2. The van der Waals surface area contributed by atoms with E-state index in [2.05, 4.69) is 40.3 Å². The third-order valence-electron chi connectivity index (χ3n) is 4.32. The lowest BCUT2D eigenvalue weighted by molar-refractivity contribution is 0.301. The number of nitrogens with one attached hydrogen (secondary N) is 1. The summed E-state index contributed by atoms with van der Waals surface area (Å²) in [5.74, 6) is 0.415. The molecule has 0 bridgehead atoms. The first kappa shape index (κ1) is 19.9. The van der Waals surface area contributed by atoms with Crippen LogP contribution in [0.2, 0.25) is 5.02 Å². The minimum atomic E-state index is -0.354. The maximum Gasteiger partial charge on any atom is 0.124 e. The van der Waals surface area contributed by atoms with Crippen LogP contribution >= 0.6 is 27.5 Å². The van der Waals surface area contributed by atoms with Crippen molar-refractivity contribution in [3.05, 3.63) is 98.7 Å². The van der Waals surface area contributed by atoms with Gasteiger partial charge in [-0.05, 0) is 42.8 Å². The molecule has 1 atom stereocenters. The van der Waals surface area contributed by atoms with Crippen LogP contribution in [-0.2, 0) is 13.2 Å². The van der Waals surface area contributed by atoms with Crippen LogP contribution in [0, 0.1) is 5.82 Å². The van der Waals surface area contributed by atoms with Crippen LogP contribution in [0.25, 0.3) is 0 Å². The van der Waals surface area contributed by atoms with Gasteiger partial charge in [0.05, 0.1) is 5.02 Å². The number of rotatable bonds is 7. The molecule has 3 rings (SSSR count). The highest BCUT2D eigenvalue weighted by Gasteiger charge is 2.10. The van der Waals surface area contributed by atoms with E-state index in [9.17, 15) is 4.39 Å². The summed E-state index contributed by atoms with van der Waals surface area (Å²) in [6, 6.07) is 20.7. The minimum absolute atomic E-state index is 0.213.